The van der Waals surface area contributed by atoms with Crippen LogP contribution in [0.2, 0.25) is 0 Å². The van der Waals surface area contributed by atoms with Crippen molar-refractivity contribution in [3.63, 3.8) is 0 Å². The van der Waals surface area contributed by atoms with Gasteiger partial charge in [0, 0.05) is 18.5 Å². The smallest absolute Gasteiger partial charge is 0.170 e. The summed E-state index contributed by atoms with van der Waals surface area (Å²) in [6, 6.07) is 0. The van der Waals surface area contributed by atoms with E-state index in [1.54, 1.807) is 10.9 Å². The van der Waals surface area contributed by atoms with Crippen LogP contribution in [0.15, 0.2) is 10.7 Å². The van der Waals surface area contributed by atoms with E-state index in [4.69, 9.17) is 5.73 Å². The maximum Gasteiger partial charge on any atom is 0.170 e. The molecule has 16 heavy (non-hydrogen) atoms. The zero-order valence-electron chi connectivity index (χ0n) is 10.2. The molecule has 2 N–H and O–H groups in total. The van der Waals surface area contributed by atoms with Gasteiger partial charge >= 0.3 is 0 Å². The number of aromatic nitrogens is 2. The molecule has 1 heterocycles. The van der Waals surface area contributed by atoms with Crippen LogP contribution in [0.25, 0.3) is 0 Å². The van der Waals surface area contributed by atoms with Crippen LogP contribution in [0.5, 0.6) is 0 Å². The lowest BCUT2D eigenvalue weighted by molar-refractivity contribution is 0.0246. The topological polar surface area (TPSA) is 43.8 Å². The third-order valence-corrected chi connectivity index (χ3v) is 3.52. The minimum absolute atomic E-state index is 0.0548. The molecule has 3 nitrogen and oxygen atoms in total. The Balaban J connectivity index is 3.38. The van der Waals surface area contributed by atoms with Gasteiger partial charge in [0.1, 0.15) is 0 Å². The van der Waals surface area contributed by atoms with Gasteiger partial charge in [0.15, 0.2) is 5.67 Å². The van der Waals surface area contributed by atoms with Crippen molar-refractivity contribution in [2.75, 3.05) is 6.54 Å². The Bertz CT molecular complexity index is 370. The van der Waals surface area contributed by atoms with Crippen LogP contribution in [0.4, 0.5) is 4.39 Å². The molecule has 0 bridgehead atoms. The van der Waals surface area contributed by atoms with E-state index in [-0.39, 0.29) is 6.54 Å². The van der Waals surface area contributed by atoms with Gasteiger partial charge in [-0.05, 0) is 22.9 Å². The van der Waals surface area contributed by atoms with Crippen LogP contribution in [0.1, 0.15) is 33.4 Å². The Labute approximate surface area is 104 Å². The van der Waals surface area contributed by atoms with Gasteiger partial charge in [-0.3, -0.25) is 4.68 Å². The molecule has 0 aliphatic rings. The fraction of sp³-hybridized carbons (Fsp3) is 0.727. The summed E-state index contributed by atoms with van der Waals surface area (Å²) in [6.07, 6.45) is 1.62. The molecule has 1 rings (SSSR count). The molecule has 0 amide bonds. The van der Waals surface area contributed by atoms with Gasteiger partial charge in [-0.1, -0.05) is 20.8 Å². The first kappa shape index (κ1) is 13.6. The van der Waals surface area contributed by atoms with Crippen molar-refractivity contribution in [1.29, 1.82) is 0 Å². The molecule has 0 aromatic carbocycles. The summed E-state index contributed by atoms with van der Waals surface area (Å²) in [5, 5.41) is 4.14. The van der Waals surface area contributed by atoms with Crippen molar-refractivity contribution in [3.8, 4) is 0 Å². The fourth-order valence-electron chi connectivity index (χ4n) is 1.75. The first-order valence-electron chi connectivity index (χ1n) is 5.38. The lowest BCUT2D eigenvalue weighted by atomic mass is 9.76. The average molecular weight is 292 g/mol. The molecule has 0 fully saturated rings. The molecular weight excluding hydrogens is 273 g/mol. The van der Waals surface area contributed by atoms with Gasteiger partial charge < -0.3 is 5.73 Å². The van der Waals surface area contributed by atoms with Gasteiger partial charge in [-0.15, -0.1) is 0 Å². The highest BCUT2D eigenvalue weighted by molar-refractivity contribution is 9.10. The van der Waals surface area contributed by atoms with Gasteiger partial charge in [-0.2, -0.15) is 5.10 Å². The summed E-state index contributed by atoms with van der Waals surface area (Å²) < 4.78 is 17.4. The number of hydrogen-bond acceptors (Lipinski definition) is 2. The number of nitrogens with zero attached hydrogens (tertiary/aromatic N) is 2. The fourth-order valence-corrected chi connectivity index (χ4v) is 2.36. The van der Waals surface area contributed by atoms with Crippen LogP contribution < -0.4 is 5.73 Å². The molecule has 0 saturated heterocycles. The van der Waals surface area contributed by atoms with E-state index in [1.807, 2.05) is 27.7 Å². The second-order valence-corrected chi connectivity index (χ2v) is 5.77. The predicted octanol–water partition coefficient (Wildman–Crippen LogP) is 2.84. The van der Waals surface area contributed by atoms with Crippen molar-refractivity contribution in [2.24, 2.45) is 11.1 Å². The van der Waals surface area contributed by atoms with Crippen LogP contribution in [0.3, 0.4) is 0 Å². The maximum atomic E-state index is 15.1. The van der Waals surface area contributed by atoms with E-state index in [1.165, 1.54) is 0 Å². The SMILES string of the molecule is CCn1ncc(Br)c1C(F)(CN)C(C)(C)C. The Kier molecular flexibility index (Phi) is 3.80. The first-order valence-corrected chi connectivity index (χ1v) is 6.18. The standard InChI is InChI=1S/C11H19BrFN3/c1-5-16-9(8(12)6-15-16)11(13,7-14)10(2,3)4/h6H,5,7,14H2,1-4H3. The minimum atomic E-state index is -1.58. The van der Waals surface area contributed by atoms with Crippen LogP contribution in [-0.2, 0) is 12.2 Å². The summed E-state index contributed by atoms with van der Waals surface area (Å²) in [5.74, 6) is 0. The largest absolute Gasteiger partial charge is 0.327 e. The highest BCUT2D eigenvalue weighted by atomic mass is 79.9. The summed E-state index contributed by atoms with van der Waals surface area (Å²) in [7, 11) is 0. The Morgan fingerprint density at radius 1 is 1.50 bits per heavy atom. The van der Waals surface area contributed by atoms with E-state index in [0.29, 0.717) is 16.7 Å². The van der Waals surface area contributed by atoms with Gasteiger partial charge in [0.2, 0.25) is 0 Å². The van der Waals surface area contributed by atoms with Crippen LogP contribution in [0, 0.1) is 5.41 Å². The molecule has 92 valence electrons. The van der Waals surface area contributed by atoms with Crippen LogP contribution in [-0.4, -0.2) is 16.3 Å². The van der Waals surface area contributed by atoms with Crippen molar-refractivity contribution < 1.29 is 4.39 Å². The number of nitrogens with two attached hydrogens (primary N) is 1. The number of alkyl halides is 1. The highest BCUT2D eigenvalue weighted by Gasteiger charge is 2.46. The lowest BCUT2D eigenvalue weighted by Crippen LogP contribution is -2.44. The van der Waals surface area contributed by atoms with Gasteiger partial charge in [-0.25, -0.2) is 4.39 Å². The summed E-state index contributed by atoms with van der Waals surface area (Å²) in [4.78, 5) is 0. The minimum Gasteiger partial charge on any atom is -0.327 e. The van der Waals surface area contributed by atoms with Gasteiger partial charge in [0.25, 0.3) is 0 Å². The molecule has 1 aromatic heterocycles. The molecule has 0 radical (unpaired) electrons. The van der Waals surface area contributed by atoms with E-state index < -0.39 is 11.1 Å². The molecule has 1 unspecified atom stereocenters. The zero-order chi connectivity index (χ0) is 12.6. The lowest BCUT2D eigenvalue weighted by Gasteiger charge is -2.37. The summed E-state index contributed by atoms with van der Waals surface area (Å²) >= 11 is 3.35. The van der Waals surface area contributed by atoms with E-state index in [9.17, 15) is 0 Å². The molecular formula is C11H19BrFN3. The van der Waals surface area contributed by atoms with Gasteiger partial charge in [0.05, 0.1) is 16.4 Å². The monoisotopic (exact) mass is 291 g/mol. The molecule has 1 atom stereocenters. The summed E-state index contributed by atoms with van der Waals surface area (Å²) in [5.41, 5.74) is 4.02. The molecule has 0 saturated carbocycles. The normalized spacial score (nSPS) is 16.2. The average Bonchev–Trinajstić information content (AvgIpc) is 2.57. The number of rotatable bonds is 3. The van der Waals surface area contributed by atoms with E-state index in [0.717, 1.165) is 0 Å². The first-order chi connectivity index (χ1) is 7.28. The number of aryl methyl sites for hydroxylation is 1. The Morgan fingerprint density at radius 3 is 2.44 bits per heavy atom. The third kappa shape index (κ3) is 2.02. The second-order valence-electron chi connectivity index (χ2n) is 4.91. The van der Waals surface area contributed by atoms with Crippen molar-refractivity contribution >= 4 is 15.9 Å². The Hall–Kier alpha value is -0.420. The second kappa shape index (κ2) is 4.45. The highest BCUT2D eigenvalue weighted by Crippen LogP contribution is 2.44. The molecule has 0 aliphatic heterocycles. The molecule has 0 spiro atoms. The summed E-state index contributed by atoms with van der Waals surface area (Å²) in [6.45, 7) is 8.05. The number of hydrogen-bond donors (Lipinski definition) is 1. The maximum absolute atomic E-state index is 15.1. The Morgan fingerprint density at radius 2 is 2.06 bits per heavy atom. The third-order valence-electron chi connectivity index (χ3n) is 2.94. The van der Waals surface area contributed by atoms with Crippen LogP contribution >= 0.6 is 15.9 Å². The van der Waals surface area contributed by atoms with E-state index in [2.05, 4.69) is 21.0 Å². The molecule has 5 heteroatoms. The van der Waals surface area contributed by atoms with Crippen molar-refractivity contribution in [3.05, 3.63) is 16.4 Å². The molecule has 1 aromatic rings. The predicted molar refractivity (Wildman–Crippen MR) is 66.9 cm³/mol. The van der Waals surface area contributed by atoms with Crippen molar-refractivity contribution in [1.82, 2.24) is 9.78 Å². The zero-order valence-corrected chi connectivity index (χ0v) is 11.8. The quantitative estimate of drug-likeness (QED) is 0.931. The number of halogens is 2. The van der Waals surface area contributed by atoms with Crippen molar-refractivity contribution in [2.45, 2.75) is 39.9 Å². The molecule has 0 aliphatic carbocycles. The van der Waals surface area contributed by atoms with E-state index >= 15 is 4.39 Å².